The Morgan fingerprint density at radius 2 is 2.17 bits per heavy atom. The van der Waals surface area contributed by atoms with Crippen LogP contribution in [0, 0.1) is 5.92 Å². The van der Waals surface area contributed by atoms with Gasteiger partial charge >= 0.3 is 0 Å². The molecule has 1 aliphatic heterocycles. The summed E-state index contributed by atoms with van der Waals surface area (Å²) in [6, 6.07) is 6.20. The van der Waals surface area contributed by atoms with E-state index >= 15 is 0 Å². The standard InChI is InChI=1S/C17H22N4O2S/c1-3-24(22,23)20-9-7-12(2)14(11-20)15-5-4-13-10-19-17-16(21(13)15)6-8-18-17/h4-6,8,10,12,14,18H,3,7,9,11H2,1-2H3/t12-,14+/m0/s1. The minimum Gasteiger partial charge on any atom is -0.345 e. The molecule has 2 atom stereocenters. The highest BCUT2D eigenvalue weighted by atomic mass is 32.2. The Bertz CT molecular complexity index is 989. The number of hydrogen-bond donors (Lipinski definition) is 1. The number of sulfonamides is 1. The average Bonchev–Trinajstić information content (AvgIpc) is 3.20. The van der Waals surface area contributed by atoms with E-state index in [1.807, 2.05) is 18.5 Å². The van der Waals surface area contributed by atoms with Crippen molar-refractivity contribution < 1.29 is 8.42 Å². The predicted molar refractivity (Wildman–Crippen MR) is 94.6 cm³/mol. The molecule has 4 heterocycles. The summed E-state index contributed by atoms with van der Waals surface area (Å²) in [5, 5.41) is 0. The maximum absolute atomic E-state index is 12.3. The van der Waals surface area contributed by atoms with Crippen LogP contribution in [0.25, 0.3) is 16.7 Å². The van der Waals surface area contributed by atoms with Crippen molar-refractivity contribution >= 4 is 26.7 Å². The topological polar surface area (TPSA) is 70.5 Å². The van der Waals surface area contributed by atoms with E-state index in [9.17, 15) is 8.42 Å². The lowest BCUT2D eigenvalue weighted by atomic mass is 9.85. The molecule has 7 heteroatoms. The van der Waals surface area contributed by atoms with Gasteiger partial charge in [-0.3, -0.25) is 0 Å². The summed E-state index contributed by atoms with van der Waals surface area (Å²) in [5.74, 6) is 0.784. The summed E-state index contributed by atoms with van der Waals surface area (Å²) < 4.78 is 28.5. The lowest BCUT2D eigenvalue weighted by molar-refractivity contribution is 0.248. The zero-order valence-electron chi connectivity index (χ0n) is 13.9. The minimum absolute atomic E-state index is 0.162. The van der Waals surface area contributed by atoms with Crippen LogP contribution >= 0.6 is 0 Å². The molecule has 4 rings (SSSR count). The zero-order valence-corrected chi connectivity index (χ0v) is 14.8. The molecule has 1 aliphatic rings. The number of piperidine rings is 1. The van der Waals surface area contributed by atoms with E-state index in [1.165, 1.54) is 5.69 Å². The van der Waals surface area contributed by atoms with Crippen LogP contribution in [0.1, 0.15) is 31.9 Å². The molecule has 1 saturated heterocycles. The van der Waals surface area contributed by atoms with Crippen LogP contribution in [0.5, 0.6) is 0 Å². The minimum atomic E-state index is -3.15. The molecular weight excluding hydrogens is 324 g/mol. The summed E-state index contributed by atoms with van der Waals surface area (Å²) in [4.78, 5) is 7.58. The van der Waals surface area contributed by atoms with Crippen LogP contribution < -0.4 is 0 Å². The number of fused-ring (bicyclic) bond motifs is 3. The van der Waals surface area contributed by atoms with Gasteiger partial charge in [-0.15, -0.1) is 0 Å². The Balaban J connectivity index is 1.82. The van der Waals surface area contributed by atoms with Gasteiger partial charge in [-0.2, -0.15) is 0 Å². The summed E-state index contributed by atoms with van der Waals surface area (Å²) in [5.41, 5.74) is 4.09. The second-order valence-electron chi connectivity index (χ2n) is 6.62. The highest BCUT2D eigenvalue weighted by molar-refractivity contribution is 7.89. The number of rotatable bonds is 3. The summed E-state index contributed by atoms with van der Waals surface area (Å²) in [7, 11) is -3.15. The molecule has 1 fully saturated rings. The van der Waals surface area contributed by atoms with Crippen molar-refractivity contribution in [3.05, 3.63) is 36.3 Å². The largest absolute Gasteiger partial charge is 0.345 e. The first-order valence-electron chi connectivity index (χ1n) is 8.42. The third kappa shape index (κ3) is 2.34. The maximum Gasteiger partial charge on any atom is 0.213 e. The smallest absolute Gasteiger partial charge is 0.213 e. The molecule has 3 aromatic rings. The van der Waals surface area contributed by atoms with Gasteiger partial charge in [0, 0.05) is 30.9 Å². The van der Waals surface area contributed by atoms with Gasteiger partial charge in [0.15, 0.2) is 5.65 Å². The first-order valence-corrected chi connectivity index (χ1v) is 10.0. The Labute approximate surface area is 141 Å². The third-order valence-corrected chi connectivity index (χ3v) is 7.12. The van der Waals surface area contributed by atoms with Gasteiger partial charge in [0.1, 0.15) is 0 Å². The molecule has 0 bridgehead atoms. The van der Waals surface area contributed by atoms with Crippen molar-refractivity contribution in [2.75, 3.05) is 18.8 Å². The average molecular weight is 346 g/mol. The fourth-order valence-electron chi connectivity index (χ4n) is 3.76. The van der Waals surface area contributed by atoms with Crippen molar-refractivity contribution in [3.8, 4) is 0 Å². The van der Waals surface area contributed by atoms with Gasteiger partial charge in [0.2, 0.25) is 10.0 Å². The third-order valence-electron chi connectivity index (χ3n) is 5.27. The van der Waals surface area contributed by atoms with Gasteiger partial charge in [-0.1, -0.05) is 6.92 Å². The molecule has 6 nitrogen and oxygen atoms in total. The van der Waals surface area contributed by atoms with Crippen LogP contribution in [0.4, 0.5) is 0 Å². The second-order valence-corrected chi connectivity index (χ2v) is 8.88. The van der Waals surface area contributed by atoms with E-state index in [0.29, 0.717) is 19.0 Å². The van der Waals surface area contributed by atoms with Crippen molar-refractivity contribution in [1.82, 2.24) is 18.7 Å². The monoisotopic (exact) mass is 346 g/mol. The number of aromatic nitrogens is 3. The van der Waals surface area contributed by atoms with Crippen LogP contribution in [0.15, 0.2) is 30.6 Å². The van der Waals surface area contributed by atoms with Gasteiger partial charge in [0.05, 0.1) is 23.0 Å². The van der Waals surface area contributed by atoms with Crippen LogP contribution in [-0.2, 0) is 10.0 Å². The molecule has 24 heavy (non-hydrogen) atoms. The molecule has 0 aromatic carbocycles. The molecule has 128 valence electrons. The van der Waals surface area contributed by atoms with Gasteiger partial charge < -0.3 is 9.38 Å². The number of hydrogen-bond acceptors (Lipinski definition) is 3. The molecule has 3 aromatic heterocycles. The molecule has 0 unspecified atom stereocenters. The summed E-state index contributed by atoms with van der Waals surface area (Å²) in [6.07, 6.45) is 4.63. The van der Waals surface area contributed by atoms with Crippen molar-refractivity contribution in [2.24, 2.45) is 5.92 Å². The van der Waals surface area contributed by atoms with E-state index in [0.717, 1.165) is 23.1 Å². The van der Waals surface area contributed by atoms with E-state index in [2.05, 4.69) is 33.4 Å². The Morgan fingerprint density at radius 1 is 1.33 bits per heavy atom. The lowest BCUT2D eigenvalue weighted by Gasteiger charge is -2.36. The molecule has 0 aliphatic carbocycles. The van der Waals surface area contributed by atoms with Crippen molar-refractivity contribution in [2.45, 2.75) is 26.2 Å². The maximum atomic E-state index is 12.3. The predicted octanol–water partition coefficient (Wildman–Crippen LogP) is 2.59. The van der Waals surface area contributed by atoms with E-state index in [-0.39, 0.29) is 11.7 Å². The van der Waals surface area contributed by atoms with Gasteiger partial charge in [-0.25, -0.2) is 17.7 Å². The molecule has 0 amide bonds. The molecule has 0 spiro atoms. The first kappa shape index (κ1) is 15.7. The normalized spacial score (nSPS) is 23.2. The highest BCUT2D eigenvalue weighted by Gasteiger charge is 2.34. The quantitative estimate of drug-likeness (QED) is 0.792. The summed E-state index contributed by atoms with van der Waals surface area (Å²) in [6.45, 7) is 5.11. The van der Waals surface area contributed by atoms with Crippen molar-refractivity contribution in [1.29, 1.82) is 0 Å². The lowest BCUT2D eigenvalue weighted by Crippen LogP contribution is -2.43. The molecule has 0 radical (unpaired) electrons. The number of nitrogens with zero attached hydrogens (tertiary/aromatic N) is 3. The Hall–Kier alpha value is -1.86. The molecular formula is C17H22N4O2S. The Kier molecular flexibility index (Phi) is 3.65. The van der Waals surface area contributed by atoms with E-state index in [4.69, 9.17) is 0 Å². The SMILES string of the molecule is CCS(=O)(=O)N1CC[C@H](C)[C@H](c2ccc3cnc4[nH]ccc4n23)C1. The molecule has 1 N–H and O–H groups in total. The fourth-order valence-corrected chi connectivity index (χ4v) is 4.90. The number of aromatic amines is 1. The van der Waals surface area contributed by atoms with Gasteiger partial charge in [0.25, 0.3) is 0 Å². The Morgan fingerprint density at radius 3 is 2.96 bits per heavy atom. The van der Waals surface area contributed by atoms with Crippen LogP contribution in [0.3, 0.4) is 0 Å². The number of H-pyrrole nitrogens is 1. The van der Waals surface area contributed by atoms with E-state index < -0.39 is 10.0 Å². The van der Waals surface area contributed by atoms with E-state index in [1.54, 1.807) is 11.2 Å². The van der Waals surface area contributed by atoms with Crippen molar-refractivity contribution in [3.63, 3.8) is 0 Å². The second kappa shape index (κ2) is 5.60. The fraction of sp³-hybridized carbons (Fsp3) is 0.471. The van der Waals surface area contributed by atoms with Crippen LogP contribution in [-0.4, -0.2) is 45.9 Å². The number of nitrogens with one attached hydrogen (secondary N) is 1. The first-order chi connectivity index (χ1) is 11.5. The molecule has 0 saturated carbocycles. The summed E-state index contributed by atoms with van der Waals surface area (Å²) >= 11 is 0. The highest BCUT2D eigenvalue weighted by Crippen LogP contribution is 2.35. The van der Waals surface area contributed by atoms with Gasteiger partial charge in [-0.05, 0) is 37.5 Å². The van der Waals surface area contributed by atoms with Crippen LogP contribution in [0.2, 0.25) is 0 Å². The zero-order chi connectivity index (χ0) is 16.9.